The van der Waals surface area contributed by atoms with Crippen LogP contribution in [0, 0.1) is 5.92 Å². The monoisotopic (exact) mass is 418 g/mol. The normalized spacial score (nSPS) is 20.9. The topological polar surface area (TPSA) is 95.2 Å². The molecular weight excluding hydrogens is 392 g/mol. The Morgan fingerprint density at radius 1 is 1.06 bits per heavy atom. The number of nitrogens with zero attached hydrogens (tertiary/aromatic N) is 7. The molecule has 2 aliphatic heterocycles. The largest absolute Gasteiger partial charge is 0.507 e. The lowest BCUT2D eigenvalue weighted by atomic mass is 10.0. The first kappa shape index (κ1) is 18.6. The maximum atomic E-state index is 10.7. The Balaban J connectivity index is 1.23. The van der Waals surface area contributed by atoms with Crippen LogP contribution in [0.4, 0.5) is 11.8 Å². The molecule has 2 fully saturated rings. The highest BCUT2D eigenvalue weighted by Crippen LogP contribution is 2.38. The Kier molecular flexibility index (Phi) is 4.31. The lowest BCUT2D eigenvalue weighted by Crippen LogP contribution is -2.52. The molecule has 1 saturated heterocycles. The molecule has 2 N–H and O–H groups in total. The molecule has 9 heteroatoms. The Bertz CT molecular complexity index is 1110. The highest BCUT2D eigenvalue weighted by Gasteiger charge is 2.34. The van der Waals surface area contributed by atoms with E-state index >= 15 is 0 Å². The van der Waals surface area contributed by atoms with E-state index in [1.807, 2.05) is 23.0 Å². The van der Waals surface area contributed by atoms with E-state index in [-0.39, 0.29) is 5.75 Å². The molecule has 0 radical (unpaired) electrons. The molecule has 3 aromatic rings. The summed E-state index contributed by atoms with van der Waals surface area (Å²) in [5.41, 5.74) is 3.15. The molecule has 9 nitrogen and oxygen atoms in total. The number of likely N-dealkylation sites (N-methyl/N-ethyl adjacent to an activating group) is 1. The molecule has 6 rings (SSSR count). The molecule has 0 unspecified atom stereocenters. The summed E-state index contributed by atoms with van der Waals surface area (Å²) in [4.78, 5) is 8.95. The number of hydrogen-bond donors (Lipinski definition) is 2. The van der Waals surface area contributed by atoms with Gasteiger partial charge in [-0.3, -0.25) is 0 Å². The summed E-state index contributed by atoms with van der Waals surface area (Å²) >= 11 is 0. The van der Waals surface area contributed by atoms with Crippen molar-refractivity contribution in [3.8, 4) is 28.1 Å². The first-order valence-corrected chi connectivity index (χ1v) is 11.0. The zero-order valence-corrected chi connectivity index (χ0v) is 17.6. The molecule has 2 aromatic heterocycles. The van der Waals surface area contributed by atoms with Crippen molar-refractivity contribution in [2.75, 3.05) is 43.0 Å². The SMILES string of the molecule is CN1CCn2ncc(-c3ccc(-c4cnc(N5CCN[C@@H](C6CC6)C5)nn4)c(O)c3)c21. The summed E-state index contributed by atoms with van der Waals surface area (Å²) in [7, 11) is 2.06. The minimum absolute atomic E-state index is 0.165. The van der Waals surface area contributed by atoms with Gasteiger partial charge >= 0.3 is 0 Å². The van der Waals surface area contributed by atoms with Crippen molar-refractivity contribution in [3.05, 3.63) is 30.6 Å². The average Bonchev–Trinajstić information content (AvgIpc) is 3.47. The van der Waals surface area contributed by atoms with Gasteiger partial charge in [0.1, 0.15) is 17.3 Å². The van der Waals surface area contributed by atoms with Crippen LogP contribution in [0.1, 0.15) is 12.8 Å². The molecule has 1 atom stereocenters. The Morgan fingerprint density at radius 3 is 2.74 bits per heavy atom. The van der Waals surface area contributed by atoms with Crippen LogP contribution in [-0.2, 0) is 6.54 Å². The van der Waals surface area contributed by atoms with Gasteiger partial charge in [-0.15, -0.1) is 10.2 Å². The van der Waals surface area contributed by atoms with E-state index in [1.54, 1.807) is 12.3 Å². The van der Waals surface area contributed by atoms with Gasteiger partial charge in [0.05, 0.1) is 18.9 Å². The number of anilines is 2. The van der Waals surface area contributed by atoms with Gasteiger partial charge < -0.3 is 20.2 Å². The number of aromatic nitrogens is 5. The van der Waals surface area contributed by atoms with E-state index in [1.165, 1.54) is 12.8 Å². The first-order valence-electron chi connectivity index (χ1n) is 11.0. The smallest absolute Gasteiger partial charge is 0.245 e. The number of aromatic hydroxyl groups is 1. The van der Waals surface area contributed by atoms with Crippen LogP contribution < -0.4 is 15.1 Å². The average molecular weight is 419 g/mol. The summed E-state index contributed by atoms with van der Waals surface area (Å²) < 4.78 is 2.00. The third-order valence-corrected chi connectivity index (χ3v) is 6.63. The summed E-state index contributed by atoms with van der Waals surface area (Å²) in [5.74, 6) is 2.70. The predicted molar refractivity (Wildman–Crippen MR) is 118 cm³/mol. The molecule has 4 heterocycles. The maximum Gasteiger partial charge on any atom is 0.245 e. The molecule has 1 saturated carbocycles. The second-order valence-corrected chi connectivity index (χ2v) is 8.75. The number of phenols is 1. The maximum absolute atomic E-state index is 10.7. The van der Waals surface area contributed by atoms with Crippen LogP contribution in [-0.4, -0.2) is 69.3 Å². The van der Waals surface area contributed by atoms with Gasteiger partial charge in [-0.25, -0.2) is 9.67 Å². The lowest BCUT2D eigenvalue weighted by Gasteiger charge is -2.33. The van der Waals surface area contributed by atoms with Gasteiger partial charge in [0.15, 0.2) is 0 Å². The van der Waals surface area contributed by atoms with Crippen molar-refractivity contribution >= 4 is 11.8 Å². The number of hydrogen-bond acceptors (Lipinski definition) is 8. The van der Waals surface area contributed by atoms with Crippen molar-refractivity contribution in [1.82, 2.24) is 30.3 Å². The van der Waals surface area contributed by atoms with E-state index in [0.717, 1.165) is 55.6 Å². The highest BCUT2D eigenvalue weighted by atomic mass is 16.3. The first-order chi connectivity index (χ1) is 15.2. The Hall–Kier alpha value is -3.20. The van der Waals surface area contributed by atoms with Gasteiger partial charge in [-0.2, -0.15) is 5.10 Å². The minimum Gasteiger partial charge on any atom is -0.507 e. The van der Waals surface area contributed by atoms with E-state index in [9.17, 15) is 5.11 Å². The molecule has 1 aromatic carbocycles. The molecule has 0 amide bonds. The van der Waals surface area contributed by atoms with Crippen LogP contribution in [0.2, 0.25) is 0 Å². The van der Waals surface area contributed by atoms with Gasteiger partial charge in [0, 0.05) is 50.4 Å². The van der Waals surface area contributed by atoms with Crippen molar-refractivity contribution in [3.63, 3.8) is 0 Å². The van der Waals surface area contributed by atoms with Gasteiger partial charge in [0.2, 0.25) is 5.95 Å². The van der Waals surface area contributed by atoms with Crippen molar-refractivity contribution in [2.24, 2.45) is 5.92 Å². The van der Waals surface area contributed by atoms with E-state index < -0.39 is 0 Å². The minimum atomic E-state index is 0.165. The van der Waals surface area contributed by atoms with E-state index in [0.29, 0.717) is 23.2 Å². The lowest BCUT2D eigenvalue weighted by molar-refractivity contribution is 0.414. The predicted octanol–water partition coefficient (Wildman–Crippen LogP) is 1.75. The van der Waals surface area contributed by atoms with E-state index in [4.69, 9.17) is 0 Å². The summed E-state index contributed by atoms with van der Waals surface area (Å²) in [6.45, 7) is 4.59. The molecule has 0 bridgehead atoms. The van der Waals surface area contributed by atoms with E-state index in [2.05, 4.69) is 42.4 Å². The molecule has 1 aliphatic carbocycles. The fourth-order valence-electron chi connectivity index (χ4n) is 4.73. The Labute approximate surface area is 180 Å². The van der Waals surface area contributed by atoms with Gasteiger partial charge in [0.25, 0.3) is 0 Å². The summed E-state index contributed by atoms with van der Waals surface area (Å²) in [6.07, 6.45) is 6.20. The van der Waals surface area contributed by atoms with Crippen molar-refractivity contribution in [2.45, 2.75) is 25.4 Å². The van der Waals surface area contributed by atoms with Crippen LogP contribution in [0.3, 0.4) is 0 Å². The van der Waals surface area contributed by atoms with Gasteiger partial charge in [-0.05, 0) is 36.5 Å². The standard InChI is InChI=1S/C22H26N8O/c1-28-8-9-30-21(28)17(11-25-30)15-4-5-16(20(31)10-15)18-12-24-22(27-26-18)29-7-6-23-19(13-29)14-2-3-14/h4-5,10-12,14,19,23,31H,2-3,6-9,13H2,1H3/t19-/m1/s1. The zero-order valence-electron chi connectivity index (χ0n) is 17.6. The second-order valence-electron chi connectivity index (χ2n) is 8.75. The third-order valence-electron chi connectivity index (χ3n) is 6.63. The molecule has 160 valence electrons. The highest BCUT2D eigenvalue weighted by molar-refractivity contribution is 5.80. The second kappa shape index (κ2) is 7.19. The number of nitrogens with one attached hydrogen (secondary N) is 1. The van der Waals surface area contributed by atoms with Crippen LogP contribution in [0.15, 0.2) is 30.6 Å². The number of piperazine rings is 1. The fraction of sp³-hybridized carbons (Fsp3) is 0.455. The van der Waals surface area contributed by atoms with Crippen LogP contribution >= 0.6 is 0 Å². The number of benzene rings is 1. The number of rotatable bonds is 4. The number of phenolic OH excluding ortho intramolecular Hbond substituents is 1. The number of fused-ring (bicyclic) bond motifs is 1. The quantitative estimate of drug-likeness (QED) is 0.662. The Morgan fingerprint density at radius 2 is 1.97 bits per heavy atom. The zero-order chi connectivity index (χ0) is 20.9. The van der Waals surface area contributed by atoms with Crippen molar-refractivity contribution < 1.29 is 5.11 Å². The molecule has 0 spiro atoms. The fourth-order valence-corrected chi connectivity index (χ4v) is 4.73. The molecule has 31 heavy (non-hydrogen) atoms. The molecule has 3 aliphatic rings. The summed E-state index contributed by atoms with van der Waals surface area (Å²) in [5, 5.41) is 27.5. The molecular formula is C22H26N8O. The van der Waals surface area contributed by atoms with Gasteiger partial charge in [-0.1, -0.05) is 6.07 Å². The third kappa shape index (κ3) is 3.29. The summed E-state index contributed by atoms with van der Waals surface area (Å²) in [6, 6.07) is 6.16. The van der Waals surface area contributed by atoms with Crippen LogP contribution in [0.5, 0.6) is 5.75 Å². The van der Waals surface area contributed by atoms with Crippen LogP contribution in [0.25, 0.3) is 22.4 Å². The van der Waals surface area contributed by atoms with Crippen molar-refractivity contribution in [1.29, 1.82) is 0 Å².